The van der Waals surface area contributed by atoms with Crippen molar-refractivity contribution in [2.45, 2.75) is 43.6 Å². The van der Waals surface area contributed by atoms with Crippen molar-refractivity contribution in [1.29, 1.82) is 0 Å². The Bertz CT molecular complexity index is 413. The van der Waals surface area contributed by atoms with Crippen LogP contribution in [0.2, 0.25) is 0 Å². The summed E-state index contributed by atoms with van der Waals surface area (Å²) in [5, 5.41) is 9.64. The number of alkyl halides is 4. The zero-order valence-corrected chi connectivity index (χ0v) is 10.3. The van der Waals surface area contributed by atoms with Gasteiger partial charge in [-0.1, -0.05) is 43.2 Å². The molecule has 2 rings (SSSR count). The van der Waals surface area contributed by atoms with Crippen LogP contribution in [0.25, 0.3) is 0 Å². The van der Waals surface area contributed by atoms with Gasteiger partial charge in [0.1, 0.15) is 6.10 Å². The molecule has 1 N–H and O–H groups in total. The van der Waals surface area contributed by atoms with Gasteiger partial charge in [-0.05, 0) is 18.8 Å². The number of aliphatic hydroxyl groups is 1. The number of hydrogen-bond acceptors (Lipinski definition) is 1. The number of halogens is 4. The maximum atomic E-state index is 13.9. The third kappa shape index (κ3) is 2.48. The van der Waals surface area contributed by atoms with Crippen LogP contribution in [-0.2, 0) is 5.92 Å². The molecule has 1 aromatic carbocycles. The first-order valence-electron chi connectivity index (χ1n) is 6.36. The first kappa shape index (κ1) is 14.3. The summed E-state index contributed by atoms with van der Waals surface area (Å²) in [4.78, 5) is 0. The second-order valence-electron chi connectivity index (χ2n) is 5.05. The van der Waals surface area contributed by atoms with Gasteiger partial charge in [-0.15, -0.1) is 0 Å². The van der Waals surface area contributed by atoms with Gasteiger partial charge in [0, 0.05) is 5.56 Å². The van der Waals surface area contributed by atoms with Crippen LogP contribution in [0.5, 0.6) is 0 Å². The molecule has 0 aliphatic heterocycles. The van der Waals surface area contributed by atoms with Crippen molar-refractivity contribution in [3.8, 4) is 0 Å². The van der Waals surface area contributed by atoms with E-state index in [1.54, 1.807) is 0 Å². The average molecular weight is 276 g/mol. The third-order valence-corrected chi connectivity index (χ3v) is 3.77. The zero-order chi connectivity index (χ0) is 14.1. The monoisotopic (exact) mass is 276 g/mol. The van der Waals surface area contributed by atoms with E-state index in [0.717, 1.165) is 12.1 Å². The van der Waals surface area contributed by atoms with Crippen LogP contribution in [0.1, 0.15) is 31.2 Å². The van der Waals surface area contributed by atoms with Crippen molar-refractivity contribution < 1.29 is 22.7 Å². The van der Waals surface area contributed by atoms with E-state index in [9.17, 15) is 22.7 Å². The van der Waals surface area contributed by atoms with Crippen LogP contribution < -0.4 is 0 Å². The van der Waals surface area contributed by atoms with E-state index in [-0.39, 0.29) is 0 Å². The fraction of sp³-hybridized carbons (Fsp3) is 0.571. The quantitative estimate of drug-likeness (QED) is 0.825. The van der Waals surface area contributed by atoms with Gasteiger partial charge >= 0.3 is 11.8 Å². The second-order valence-corrected chi connectivity index (χ2v) is 5.05. The van der Waals surface area contributed by atoms with Gasteiger partial charge in [0.2, 0.25) is 0 Å². The highest BCUT2D eigenvalue weighted by molar-refractivity contribution is 5.23. The summed E-state index contributed by atoms with van der Waals surface area (Å²) in [5.74, 6) is -9.57. The molecule has 0 unspecified atom stereocenters. The van der Waals surface area contributed by atoms with Crippen molar-refractivity contribution >= 4 is 0 Å². The van der Waals surface area contributed by atoms with Gasteiger partial charge in [0.05, 0.1) is 0 Å². The lowest BCUT2D eigenvalue weighted by Crippen LogP contribution is -2.50. The van der Waals surface area contributed by atoms with Crippen LogP contribution in [0, 0.1) is 5.92 Å². The molecule has 1 saturated carbocycles. The van der Waals surface area contributed by atoms with Crippen LogP contribution >= 0.6 is 0 Å². The van der Waals surface area contributed by atoms with E-state index in [1.165, 1.54) is 18.2 Å². The minimum Gasteiger partial charge on any atom is -0.386 e. The van der Waals surface area contributed by atoms with Gasteiger partial charge in [-0.25, -0.2) is 0 Å². The molecule has 5 heteroatoms. The summed E-state index contributed by atoms with van der Waals surface area (Å²) in [5.41, 5.74) is -0.767. The SMILES string of the molecule is O[C@@H](C1CCCC1)C(F)(F)C(F)(F)c1ccccc1. The van der Waals surface area contributed by atoms with E-state index in [0.29, 0.717) is 25.7 Å². The molecule has 1 atom stereocenters. The van der Waals surface area contributed by atoms with Gasteiger partial charge in [-0.3, -0.25) is 0 Å². The summed E-state index contributed by atoms with van der Waals surface area (Å²) in [7, 11) is 0. The van der Waals surface area contributed by atoms with E-state index in [2.05, 4.69) is 0 Å². The molecule has 19 heavy (non-hydrogen) atoms. The molecular formula is C14H16F4O. The Hall–Kier alpha value is -1.10. The lowest BCUT2D eigenvalue weighted by Gasteiger charge is -2.33. The fourth-order valence-corrected chi connectivity index (χ4v) is 2.59. The van der Waals surface area contributed by atoms with E-state index in [1.807, 2.05) is 0 Å². The molecule has 106 valence electrons. The van der Waals surface area contributed by atoms with Crippen molar-refractivity contribution in [2.75, 3.05) is 0 Å². The van der Waals surface area contributed by atoms with Crippen LogP contribution in [-0.4, -0.2) is 17.1 Å². The number of benzene rings is 1. The summed E-state index contributed by atoms with van der Waals surface area (Å²) in [6.07, 6.45) is -0.141. The Morgan fingerprint density at radius 3 is 2.05 bits per heavy atom. The smallest absolute Gasteiger partial charge is 0.339 e. The summed E-state index contributed by atoms with van der Waals surface area (Å²) >= 11 is 0. The first-order valence-corrected chi connectivity index (χ1v) is 6.36. The standard InChI is InChI=1S/C14H16F4O/c15-13(16,11-8-2-1-3-9-11)14(17,18)12(19)10-6-4-5-7-10/h1-3,8-10,12,19H,4-7H2/t12-/m0/s1. The molecule has 0 spiro atoms. The van der Waals surface area contributed by atoms with Crippen LogP contribution in [0.4, 0.5) is 17.6 Å². The molecule has 1 aromatic rings. The highest BCUT2D eigenvalue weighted by atomic mass is 19.3. The fourth-order valence-electron chi connectivity index (χ4n) is 2.59. The molecule has 0 bridgehead atoms. The molecule has 0 heterocycles. The third-order valence-electron chi connectivity index (χ3n) is 3.77. The minimum absolute atomic E-state index is 0.377. The summed E-state index contributed by atoms with van der Waals surface area (Å²) < 4.78 is 55.7. The van der Waals surface area contributed by atoms with Crippen molar-refractivity contribution in [3.05, 3.63) is 35.9 Å². The van der Waals surface area contributed by atoms with E-state index in [4.69, 9.17) is 0 Å². The molecule has 1 aliphatic carbocycles. The molecule has 0 saturated heterocycles. The van der Waals surface area contributed by atoms with Gasteiger partial charge in [0.25, 0.3) is 0 Å². The van der Waals surface area contributed by atoms with E-state index < -0.39 is 29.4 Å². The lowest BCUT2D eigenvalue weighted by molar-refractivity contribution is -0.269. The predicted molar refractivity (Wildman–Crippen MR) is 63.2 cm³/mol. The molecule has 1 aliphatic rings. The predicted octanol–water partition coefficient (Wildman–Crippen LogP) is 3.96. The largest absolute Gasteiger partial charge is 0.386 e. The van der Waals surface area contributed by atoms with Crippen molar-refractivity contribution in [3.63, 3.8) is 0 Å². The Morgan fingerprint density at radius 2 is 1.53 bits per heavy atom. The maximum Gasteiger partial charge on any atom is 0.339 e. The highest BCUT2D eigenvalue weighted by Crippen LogP contribution is 2.48. The lowest BCUT2D eigenvalue weighted by atomic mass is 9.89. The number of aliphatic hydroxyl groups excluding tert-OH is 1. The first-order chi connectivity index (χ1) is 8.87. The highest BCUT2D eigenvalue weighted by Gasteiger charge is 2.63. The van der Waals surface area contributed by atoms with Gasteiger partial charge < -0.3 is 5.11 Å². The van der Waals surface area contributed by atoms with Gasteiger partial charge in [-0.2, -0.15) is 17.6 Å². The Morgan fingerprint density at radius 1 is 1.00 bits per heavy atom. The van der Waals surface area contributed by atoms with Crippen LogP contribution in [0.15, 0.2) is 30.3 Å². The minimum atomic E-state index is -4.46. The zero-order valence-electron chi connectivity index (χ0n) is 10.3. The normalized spacial score (nSPS) is 19.6. The topological polar surface area (TPSA) is 20.2 Å². The molecule has 0 amide bonds. The second kappa shape index (κ2) is 5.12. The number of hydrogen-bond donors (Lipinski definition) is 1. The van der Waals surface area contributed by atoms with Crippen molar-refractivity contribution in [2.24, 2.45) is 5.92 Å². The van der Waals surface area contributed by atoms with Crippen molar-refractivity contribution in [1.82, 2.24) is 0 Å². The Labute approximate surface area is 109 Å². The average Bonchev–Trinajstić information content (AvgIpc) is 2.92. The van der Waals surface area contributed by atoms with Crippen LogP contribution in [0.3, 0.4) is 0 Å². The molecule has 1 fully saturated rings. The summed E-state index contributed by atoms with van der Waals surface area (Å²) in [6, 6.07) is 5.94. The molecule has 1 nitrogen and oxygen atoms in total. The number of rotatable bonds is 4. The molecule has 0 radical (unpaired) electrons. The molecule has 0 aromatic heterocycles. The van der Waals surface area contributed by atoms with Gasteiger partial charge in [0.15, 0.2) is 0 Å². The molecular weight excluding hydrogens is 260 g/mol. The van der Waals surface area contributed by atoms with E-state index >= 15 is 0 Å². The Kier molecular flexibility index (Phi) is 3.85. The summed E-state index contributed by atoms with van der Waals surface area (Å²) in [6.45, 7) is 0. The maximum absolute atomic E-state index is 13.9. The Balaban J connectivity index is 2.26.